The number of nitrogens with zero attached hydrogens (tertiary/aromatic N) is 2. The summed E-state index contributed by atoms with van der Waals surface area (Å²) >= 11 is 0. The van der Waals surface area contributed by atoms with E-state index < -0.39 is 4.92 Å². The third-order valence-electron chi connectivity index (χ3n) is 3.69. The van der Waals surface area contributed by atoms with E-state index in [1.807, 2.05) is 6.07 Å². The largest absolute Gasteiger partial charge is 0.384 e. The van der Waals surface area contributed by atoms with Gasteiger partial charge in [0.05, 0.1) is 4.92 Å². The van der Waals surface area contributed by atoms with Gasteiger partial charge in [0.25, 0.3) is 5.69 Å². The van der Waals surface area contributed by atoms with Crippen molar-refractivity contribution in [2.45, 2.75) is 26.2 Å². The highest BCUT2D eigenvalue weighted by atomic mass is 16.6. The lowest BCUT2D eigenvalue weighted by molar-refractivity contribution is -0.385. The van der Waals surface area contributed by atoms with Gasteiger partial charge >= 0.3 is 0 Å². The number of nitrogens with one attached hydrogen (secondary N) is 1. The minimum atomic E-state index is -0.531. The summed E-state index contributed by atoms with van der Waals surface area (Å²) in [7, 11) is 0. The van der Waals surface area contributed by atoms with E-state index in [0.29, 0.717) is 5.41 Å². The van der Waals surface area contributed by atoms with E-state index in [2.05, 4.69) is 12.2 Å². The van der Waals surface area contributed by atoms with E-state index in [0.717, 1.165) is 18.7 Å². The van der Waals surface area contributed by atoms with Gasteiger partial charge in [0.1, 0.15) is 11.6 Å². The average Bonchev–Trinajstić information content (AvgIpc) is 3.16. The lowest BCUT2D eigenvalue weighted by Gasteiger charge is -2.14. The Bertz CT molecular complexity index is 515. The summed E-state index contributed by atoms with van der Waals surface area (Å²) in [6.45, 7) is 3.04. The van der Waals surface area contributed by atoms with Crippen molar-refractivity contribution in [2.24, 2.45) is 5.41 Å². The maximum Gasteiger partial charge on any atom is 0.287 e. The zero-order valence-electron chi connectivity index (χ0n) is 10.3. The highest BCUT2D eigenvalue weighted by molar-refractivity contribution is 5.58. The van der Waals surface area contributed by atoms with Gasteiger partial charge in [-0.3, -0.25) is 10.1 Å². The number of nitriles is 1. The molecular weight excluding hydrogens is 230 g/mol. The summed E-state index contributed by atoms with van der Waals surface area (Å²) < 4.78 is 0. The highest BCUT2D eigenvalue weighted by Gasteiger charge is 2.40. The summed E-state index contributed by atoms with van der Waals surface area (Å²) in [5.41, 5.74) is 1.14. The lowest BCUT2D eigenvalue weighted by Crippen LogP contribution is -2.14. The third-order valence-corrected chi connectivity index (χ3v) is 3.69. The zero-order valence-corrected chi connectivity index (χ0v) is 10.3. The standard InChI is InChI=1S/C13H15N3O2/c1-2-13(5-6-13)9-15-11-3-4-12(16(17)18)10(7-11)8-14/h3-4,7,15H,2,5-6,9H2,1H3. The predicted octanol–water partition coefficient (Wildman–Crippen LogP) is 3.07. The van der Waals surface area contributed by atoms with E-state index in [9.17, 15) is 10.1 Å². The van der Waals surface area contributed by atoms with E-state index >= 15 is 0 Å². The van der Waals surface area contributed by atoms with Crippen LogP contribution in [0.3, 0.4) is 0 Å². The molecule has 1 aromatic rings. The Morgan fingerprint density at radius 3 is 2.78 bits per heavy atom. The molecule has 0 aliphatic heterocycles. The number of nitro benzene ring substituents is 1. The topological polar surface area (TPSA) is 79.0 Å². The second-order valence-electron chi connectivity index (χ2n) is 4.81. The molecule has 18 heavy (non-hydrogen) atoms. The average molecular weight is 245 g/mol. The Labute approximate surface area is 106 Å². The van der Waals surface area contributed by atoms with Crippen LogP contribution in [-0.4, -0.2) is 11.5 Å². The van der Waals surface area contributed by atoms with Crippen molar-refractivity contribution in [1.29, 1.82) is 5.26 Å². The first-order chi connectivity index (χ1) is 8.60. The lowest BCUT2D eigenvalue weighted by atomic mass is 10.0. The van der Waals surface area contributed by atoms with Crippen molar-refractivity contribution in [3.63, 3.8) is 0 Å². The molecule has 0 unspecified atom stereocenters. The SMILES string of the molecule is CCC1(CNc2ccc([N+](=O)[O-])c(C#N)c2)CC1. The second-order valence-corrected chi connectivity index (χ2v) is 4.81. The molecule has 1 aliphatic rings. The molecule has 0 saturated heterocycles. The molecule has 1 aliphatic carbocycles. The van der Waals surface area contributed by atoms with E-state index in [-0.39, 0.29) is 11.3 Å². The minimum absolute atomic E-state index is 0.103. The molecule has 1 saturated carbocycles. The van der Waals surface area contributed by atoms with Crippen LogP contribution in [0.2, 0.25) is 0 Å². The Kier molecular flexibility index (Phi) is 3.19. The van der Waals surface area contributed by atoms with Crippen molar-refractivity contribution >= 4 is 11.4 Å². The molecule has 0 spiro atoms. The number of rotatable bonds is 5. The van der Waals surface area contributed by atoms with Crippen molar-refractivity contribution in [1.82, 2.24) is 0 Å². The highest BCUT2D eigenvalue weighted by Crippen LogP contribution is 2.48. The molecule has 0 heterocycles. The van der Waals surface area contributed by atoms with Crippen LogP contribution < -0.4 is 5.32 Å². The smallest absolute Gasteiger partial charge is 0.287 e. The minimum Gasteiger partial charge on any atom is -0.384 e. The summed E-state index contributed by atoms with van der Waals surface area (Å²) in [6, 6.07) is 6.45. The first kappa shape index (κ1) is 12.4. The maximum absolute atomic E-state index is 10.7. The summed E-state index contributed by atoms with van der Waals surface area (Å²) in [5, 5.41) is 22.9. The Hall–Kier alpha value is -2.09. The molecule has 2 rings (SSSR count). The predicted molar refractivity (Wildman–Crippen MR) is 68.3 cm³/mol. The van der Waals surface area contributed by atoms with Crippen molar-refractivity contribution in [3.8, 4) is 6.07 Å². The first-order valence-corrected chi connectivity index (χ1v) is 6.03. The summed E-state index contributed by atoms with van der Waals surface area (Å²) in [5.74, 6) is 0. The number of nitro groups is 1. The normalized spacial score (nSPS) is 15.8. The summed E-state index contributed by atoms with van der Waals surface area (Å²) in [4.78, 5) is 10.2. The first-order valence-electron chi connectivity index (χ1n) is 6.03. The van der Waals surface area contributed by atoms with Gasteiger partial charge in [-0.15, -0.1) is 0 Å². The molecule has 1 aromatic carbocycles. The van der Waals surface area contributed by atoms with Crippen LogP contribution in [0.1, 0.15) is 31.7 Å². The number of hydrogen-bond acceptors (Lipinski definition) is 4. The molecule has 94 valence electrons. The Morgan fingerprint density at radius 2 is 2.28 bits per heavy atom. The van der Waals surface area contributed by atoms with Crippen molar-refractivity contribution in [2.75, 3.05) is 11.9 Å². The van der Waals surface area contributed by atoms with Crippen LogP contribution in [0.5, 0.6) is 0 Å². The van der Waals surface area contributed by atoms with Gasteiger partial charge in [-0.1, -0.05) is 6.92 Å². The molecule has 0 amide bonds. The Balaban J connectivity index is 2.11. The van der Waals surface area contributed by atoms with E-state index in [1.54, 1.807) is 12.1 Å². The van der Waals surface area contributed by atoms with Crippen LogP contribution in [0.15, 0.2) is 18.2 Å². The van der Waals surface area contributed by atoms with Crippen LogP contribution in [-0.2, 0) is 0 Å². The van der Waals surface area contributed by atoms with Crippen molar-refractivity contribution < 1.29 is 4.92 Å². The molecule has 1 fully saturated rings. The Morgan fingerprint density at radius 1 is 1.56 bits per heavy atom. The zero-order chi connectivity index (χ0) is 13.2. The van der Waals surface area contributed by atoms with Gasteiger partial charge in [0.15, 0.2) is 0 Å². The molecular formula is C13H15N3O2. The number of anilines is 1. The molecule has 0 atom stereocenters. The molecule has 0 radical (unpaired) electrons. The van der Waals surface area contributed by atoms with E-state index in [1.165, 1.54) is 18.9 Å². The van der Waals surface area contributed by atoms with E-state index in [4.69, 9.17) is 5.26 Å². The van der Waals surface area contributed by atoms with Crippen molar-refractivity contribution in [3.05, 3.63) is 33.9 Å². The van der Waals surface area contributed by atoms with Gasteiger partial charge in [0.2, 0.25) is 0 Å². The van der Waals surface area contributed by atoms with Crippen LogP contribution >= 0.6 is 0 Å². The maximum atomic E-state index is 10.7. The fraction of sp³-hybridized carbons (Fsp3) is 0.462. The van der Waals surface area contributed by atoms with Gasteiger partial charge in [0, 0.05) is 18.3 Å². The van der Waals surface area contributed by atoms with Gasteiger partial charge in [-0.25, -0.2) is 0 Å². The monoisotopic (exact) mass is 245 g/mol. The molecule has 1 N–H and O–H groups in total. The molecule has 0 aromatic heterocycles. The van der Waals surface area contributed by atoms with Crippen LogP contribution in [0.4, 0.5) is 11.4 Å². The quantitative estimate of drug-likeness (QED) is 0.638. The van der Waals surface area contributed by atoms with Gasteiger partial charge in [-0.05, 0) is 36.8 Å². The van der Waals surface area contributed by atoms with Crippen LogP contribution in [0.25, 0.3) is 0 Å². The molecule has 5 nitrogen and oxygen atoms in total. The fourth-order valence-corrected chi connectivity index (χ4v) is 2.02. The number of hydrogen-bond donors (Lipinski definition) is 1. The molecule has 5 heteroatoms. The molecule has 0 bridgehead atoms. The van der Waals surface area contributed by atoms with Gasteiger partial charge in [-0.2, -0.15) is 5.26 Å². The second kappa shape index (κ2) is 4.65. The fourth-order valence-electron chi connectivity index (χ4n) is 2.02. The summed E-state index contributed by atoms with van der Waals surface area (Å²) in [6.07, 6.45) is 3.60. The third kappa shape index (κ3) is 2.43. The van der Waals surface area contributed by atoms with Gasteiger partial charge < -0.3 is 5.32 Å². The number of benzene rings is 1. The van der Waals surface area contributed by atoms with Crippen LogP contribution in [0, 0.1) is 26.9 Å².